The predicted octanol–water partition coefficient (Wildman–Crippen LogP) is 4.19. The highest BCUT2D eigenvalue weighted by atomic mass is 16.5. The molecule has 0 saturated carbocycles. The molecule has 6 heteroatoms. The number of fused-ring (bicyclic) bond motifs is 1. The second kappa shape index (κ2) is 8.47. The number of benzene rings is 2. The van der Waals surface area contributed by atoms with E-state index in [1.807, 2.05) is 75.6 Å². The van der Waals surface area contributed by atoms with Crippen molar-refractivity contribution in [3.8, 4) is 11.3 Å². The van der Waals surface area contributed by atoms with Crippen LogP contribution in [0, 0.1) is 6.92 Å². The van der Waals surface area contributed by atoms with Crippen LogP contribution in [-0.2, 0) is 13.1 Å². The minimum absolute atomic E-state index is 0.175. The molecule has 0 aliphatic carbocycles. The number of aryl methyl sites for hydroxylation is 1. The molecule has 4 aromatic rings. The van der Waals surface area contributed by atoms with Crippen LogP contribution >= 0.6 is 0 Å². The Morgan fingerprint density at radius 3 is 2.47 bits per heavy atom. The topological polar surface area (TPSA) is 71.3 Å². The molecule has 0 aliphatic heterocycles. The summed E-state index contributed by atoms with van der Waals surface area (Å²) in [4.78, 5) is 19.9. The third-order valence-corrected chi connectivity index (χ3v) is 4.98. The number of carbonyl (C=O) groups is 1. The Morgan fingerprint density at radius 1 is 1.03 bits per heavy atom. The highest BCUT2D eigenvalue weighted by Crippen LogP contribution is 2.27. The van der Waals surface area contributed by atoms with E-state index in [1.165, 1.54) is 5.56 Å². The molecule has 0 saturated heterocycles. The molecule has 0 unspecified atom stereocenters. The number of hydrogen-bond acceptors (Lipinski definition) is 5. The van der Waals surface area contributed by atoms with Crippen molar-refractivity contribution in [2.75, 3.05) is 14.1 Å². The van der Waals surface area contributed by atoms with Crippen molar-refractivity contribution in [2.24, 2.45) is 0 Å². The van der Waals surface area contributed by atoms with Crippen molar-refractivity contribution in [1.29, 1.82) is 0 Å². The Hall–Kier alpha value is -3.51. The first-order valence-corrected chi connectivity index (χ1v) is 9.85. The molecule has 0 aliphatic rings. The van der Waals surface area contributed by atoms with Gasteiger partial charge in [-0.2, -0.15) is 0 Å². The van der Waals surface area contributed by atoms with Gasteiger partial charge in [-0.05, 0) is 38.2 Å². The fraction of sp³-hybridized carbons (Fsp3) is 0.208. The lowest BCUT2D eigenvalue weighted by molar-refractivity contribution is 0.0952. The zero-order valence-corrected chi connectivity index (χ0v) is 17.3. The number of pyridine rings is 1. The molecule has 2 heterocycles. The van der Waals surface area contributed by atoms with Gasteiger partial charge in [0, 0.05) is 18.7 Å². The Kier molecular flexibility index (Phi) is 5.59. The van der Waals surface area contributed by atoms with Crippen molar-refractivity contribution in [2.45, 2.75) is 20.0 Å². The van der Waals surface area contributed by atoms with Crippen molar-refractivity contribution in [3.05, 3.63) is 83.0 Å². The van der Waals surface area contributed by atoms with Crippen molar-refractivity contribution < 1.29 is 9.32 Å². The third-order valence-electron chi connectivity index (χ3n) is 4.98. The van der Waals surface area contributed by atoms with Crippen LogP contribution in [0.25, 0.3) is 22.4 Å². The Labute approximate surface area is 175 Å². The molecule has 0 spiro atoms. The van der Waals surface area contributed by atoms with Crippen molar-refractivity contribution in [3.63, 3.8) is 0 Å². The lowest BCUT2D eigenvalue weighted by atomic mass is 10.0. The largest absolute Gasteiger partial charge is 0.348 e. The normalized spacial score (nSPS) is 11.2. The highest BCUT2D eigenvalue weighted by molar-refractivity contribution is 6.06. The summed E-state index contributed by atoms with van der Waals surface area (Å²) in [6.45, 7) is 3.07. The minimum atomic E-state index is -0.175. The van der Waals surface area contributed by atoms with Crippen LogP contribution in [0.15, 0.2) is 65.2 Å². The molecule has 0 atom stereocenters. The second-order valence-corrected chi connectivity index (χ2v) is 7.56. The molecule has 0 radical (unpaired) electrons. The molecule has 2 aromatic heterocycles. The summed E-state index contributed by atoms with van der Waals surface area (Å²) < 4.78 is 5.38. The van der Waals surface area contributed by atoms with E-state index < -0.39 is 0 Å². The summed E-state index contributed by atoms with van der Waals surface area (Å²) >= 11 is 0. The van der Waals surface area contributed by atoms with Crippen LogP contribution in [0.1, 0.15) is 27.2 Å². The van der Waals surface area contributed by atoms with E-state index in [0.717, 1.165) is 17.7 Å². The predicted molar refractivity (Wildman–Crippen MR) is 117 cm³/mol. The zero-order valence-electron chi connectivity index (χ0n) is 17.3. The maximum absolute atomic E-state index is 13.2. The number of rotatable bonds is 6. The zero-order chi connectivity index (χ0) is 21.1. The SMILES string of the molecule is Cc1noc2nc(-c3ccccc3)cc(C(=O)NCc3ccccc3CN(C)C)c12. The smallest absolute Gasteiger partial charge is 0.259 e. The highest BCUT2D eigenvalue weighted by Gasteiger charge is 2.19. The third kappa shape index (κ3) is 4.09. The monoisotopic (exact) mass is 400 g/mol. The summed E-state index contributed by atoms with van der Waals surface area (Å²) in [7, 11) is 4.06. The van der Waals surface area contributed by atoms with Gasteiger partial charge in [0.2, 0.25) is 0 Å². The van der Waals surface area contributed by atoms with Crippen LogP contribution in [0.4, 0.5) is 0 Å². The van der Waals surface area contributed by atoms with Gasteiger partial charge in [0.1, 0.15) is 0 Å². The average molecular weight is 400 g/mol. The van der Waals surface area contributed by atoms with E-state index in [4.69, 9.17) is 4.52 Å². The fourth-order valence-corrected chi connectivity index (χ4v) is 3.53. The first-order valence-electron chi connectivity index (χ1n) is 9.85. The van der Waals surface area contributed by atoms with Crippen LogP contribution < -0.4 is 5.32 Å². The van der Waals surface area contributed by atoms with Gasteiger partial charge in [-0.25, -0.2) is 4.98 Å². The molecule has 30 heavy (non-hydrogen) atoms. The quantitative estimate of drug-likeness (QED) is 0.525. The number of hydrogen-bond donors (Lipinski definition) is 1. The van der Waals surface area contributed by atoms with Crippen molar-refractivity contribution in [1.82, 2.24) is 20.4 Å². The minimum Gasteiger partial charge on any atom is -0.348 e. The standard InChI is InChI=1S/C24H24N4O2/c1-16-22-20(13-21(26-24(22)30-27-16)17-9-5-4-6-10-17)23(29)25-14-18-11-7-8-12-19(18)15-28(2)3/h4-13H,14-15H2,1-3H3,(H,25,29). The summed E-state index contributed by atoms with van der Waals surface area (Å²) in [5.74, 6) is -0.175. The maximum atomic E-state index is 13.2. The van der Waals surface area contributed by atoms with Gasteiger partial charge < -0.3 is 14.7 Å². The molecular formula is C24H24N4O2. The maximum Gasteiger partial charge on any atom is 0.259 e. The van der Waals surface area contributed by atoms with E-state index in [-0.39, 0.29) is 5.91 Å². The molecular weight excluding hydrogens is 376 g/mol. The summed E-state index contributed by atoms with van der Waals surface area (Å²) in [5.41, 5.74) is 5.41. The molecule has 0 bridgehead atoms. The van der Waals surface area contributed by atoms with Gasteiger partial charge in [-0.1, -0.05) is 59.8 Å². The molecule has 6 nitrogen and oxygen atoms in total. The molecule has 4 rings (SSSR count). The lowest BCUT2D eigenvalue weighted by Crippen LogP contribution is -2.24. The van der Waals surface area contributed by atoms with E-state index in [9.17, 15) is 4.79 Å². The van der Waals surface area contributed by atoms with Gasteiger partial charge in [0.15, 0.2) is 0 Å². The van der Waals surface area contributed by atoms with Crippen LogP contribution in [0.2, 0.25) is 0 Å². The number of nitrogens with zero attached hydrogens (tertiary/aromatic N) is 3. The van der Waals surface area contributed by atoms with Crippen LogP contribution in [0.3, 0.4) is 0 Å². The Morgan fingerprint density at radius 2 is 1.73 bits per heavy atom. The molecule has 0 fully saturated rings. The Balaban J connectivity index is 1.66. The van der Waals surface area contributed by atoms with Gasteiger partial charge in [-0.3, -0.25) is 4.79 Å². The van der Waals surface area contributed by atoms with E-state index >= 15 is 0 Å². The van der Waals surface area contributed by atoms with E-state index in [0.29, 0.717) is 34.6 Å². The van der Waals surface area contributed by atoms with Gasteiger partial charge >= 0.3 is 0 Å². The second-order valence-electron chi connectivity index (χ2n) is 7.56. The van der Waals surface area contributed by atoms with Gasteiger partial charge in [-0.15, -0.1) is 0 Å². The number of carbonyl (C=O) groups excluding carboxylic acids is 1. The fourth-order valence-electron chi connectivity index (χ4n) is 3.53. The van der Waals surface area contributed by atoms with Gasteiger partial charge in [0.25, 0.3) is 11.6 Å². The van der Waals surface area contributed by atoms with Gasteiger partial charge in [0.05, 0.1) is 22.3 Å². The van der Waals surface area contributed by atoms with Crippen LogP contribution in [-0.4, -0.2) is 35.0 Å². The molecule has 2 aromatic carbocycles. The number of nitrogens with one attached hydrogen (secondary N) is 1. The Bertz CT molecular complexity index is 1180. The lowest BCUT2D eigenvalue weighted by Gasteiger charge is -2.15. The summed E-state index contributed by atoms with van der Waals surface area (Å²) in [6.07, 6.45) is 0. The summed E-state index contributed by atoms with van der Waals surface area (Å²) in [5, 5.41) is 7.72. The molecule has 1 N–H and O–H groups in total. The molecule has 152 valence electrons. The van der Waals surface area contributed by atoms with E-state index in [2.05, 4.69) is 26.4 Å². The average Bonchev–Trinajstić information content (AvgIpc) is 3.13. The van der Waals surface area contributed by atoms with E-state index in [1.54, 1.807) is 0 Å². The number of amides is 1. The first kappa shape index (κ1) is 19.8. The first-order chi connectivity index (χ1) is 14.5. The number of aromatic nitrogens is 2. The molecule has 1 amide bonds. The van der Waals surface area contributed by atoms with Crippen molar-refractivity contribution >= 4 is 17.0 Å². The summed E-state index contributed by atoms with van der Waals surface area (Å²) in [6, 6.07) is 19.7. The van der Waals surface area contributed by atoms with Crippen LogP contribution in [0.5, 0.6) is 0 Å².